The minimum absolute atomic E-state index is 0. The molecule has 3 aromatic rings. The summed E-state index contributed by atoms with van der Waals surface area (Å²) in [7, 11) is 0. The maximum absolute atomic E-state index is 10.3. The molecular weight excluding hydrogens is 534 g/mol. The molecule has 9 nitrogen and oxygen atoms in total. The standard InChI is InChI=1S/3C7H7NO2.Nd/c3*8-6-3-1-5(2-4-6)7(9)10;/h3*1-4H,8H2,(H,9,10);. The molecule has 3 aromatic carbocycles. The van der Waals surface area contributed by atoms with E-state index in [0.717, 1.165) is 0 Å². The molecule has 0 aliphatic carbocycles. The molecule has 0 aliphatic rings. The third-order valence-corrected chi connectivity index (χ3v) is 3.47. The molecule has 31 heavy (non-hydrogen) atoms. The summed E-state index contributed by atoms with van der Waals surface area (Å²) in [5.41, 5.74) is 18.5. The summed E-state index contributed by atoms with van der Waals surface area (Å²) in [6, 6.07) is 18.2. The van der Waals surface area contributed by atoms with E-state index in [9.17, 15) is 14.4 Å². The van der Waals surface area contributed by atoms with E-state index >= 15 is 0 Å². The van der Waals surface area contributed by atoms with Gasteiger partial charge in [-0.05, 0) is 72.8 Å². The van der Waals surface area contributed by atoms with Gasteiger partial charge >= 0.3 is 17.9 Å². The predicted octanol–water partition coefficient (Wildman–Crippen LogP) is 2.90. The molecule has 0 fully saturated rings. The second-order valence-corrected chi connectivity index (χ2v) is 5.78. The number of nitrogens with two attached hydrogens (primary N) is 3. The van der Waals surface area contributed by atoms with Crippen molar-refractivity contribution in [1.29, 1.82) is 0 Å². The minimum atomic E-state index is -0.931. The topological polar surface area (TPSA) is 190 Å². The molecule has 0 spiro atoms. The first kappa shape index (κ1) is 27.8. The first-order valence-corrected chi connectivity index (χ1v) is 8.36. The fourth-order valence-electron chi connectivity index (χ4n) is 1.88. The number of hydrogen-bond donors (Lipinski definition) is 6. The van der Waals surface area contributed by atoms with Crippen LogP contribution in [0.4, 0.5) is 17.1 Å². The third kappa shape index (κ3) is 11.0. The maximum atomic E-state index is 10.3. The molecule has 0 atom stereocenters. The molecule has 3 rings (SSSR count). The number of carboxylic acids is 3. The van der Waals surface area contributed by atoms with Crippen LogP contribution in [-0.4, -0.2) is 33.2 Å². The van der Waals surface area contributed by atoms with Crippen molar-refractivity contribution in [2.24, 2.45) is 0 Å². The van der Waals surface area contributed by atoms with Crippen molar-refractivity contribution in [2.75, 3.05) is 17.2 Å². The fraction of sp³-hybridized carbons (Fsp3) is 0. The SMILES string of the molecule is Nc1ccc(C(=O)O)cc1.Nc1ccc(C(=O)O)cc1.Nc1ccc(C(=O)O)cc1.[Nd]. The Kier molecular flexibility index (Phi) is 12.5. The van der Waals surface area contributed by atoms with Gasteiger partial charge in [-0.3, -0.25) is 0 Å². The fourth-order valence-corrected chi connectivity index (χ4v) is 1.88. The van der Waals surface area contributed by atoms with Crippen molar-refractivity contribution < 1.29 is 70.5 Å². The Balaban J connectivity index is 0.000000429. The van der Waals surface area contributed by atoms with Crippen LogP contribution < -0.4 is 17.2 Å². The molecule has 10 heteroatoms. The van der Waals surface area contributed by atoms with Gasteiger partial charge in [0.15, 0.2) is 0 Å². The first-order chi connectivity index (χ1) is 14.1. The van der Waals surface area contributed by atoms with Gasteiger partial charge in [-0.2, -0.15) is 0 Å². The smallest absolute Gasteiger partial charge is 0.335 e. The molecule has 0 saturated carbocycles. The van der Waals surface area contributed by atoms with Crippen LogP contribution in [0.3, 0.4) is 0 Å². The van der Waals surface area contributed by atoms with E-state index in [0.29, 0.717) is 17.1 Å². The Labute approximate surface area is 211 Å². The van der Waals surface area contributed by atoms with E-state index < -0.39 is 17.9 Å². The summed E-state index contributed by atoms with van der Waals surface area (Å²) < 4.78 is 0. The van der Waals surface area contributed by atoms with E-state index in [4.69, 9.17) is 32.5 Å². The second kappa shape index (κ2) is 13.9. The van der Waals surface area contributed by atoms with Crippen LogP contribution in [0.5, 0.6) is 0 Å². The molecule has 0 aliphatic heterocycles. The number of nitrogen functional groups attached to an aromatic ring is 3. The van der Waals surface area contributed by atoms with Crippen LogP contribution in [0.15, 0.2) is 72.8 Å². The van der Waals surface area contributed by atoms with E-state index in [1.165, 1.54) is 36.4 Å². The summed E-state index contributed by atoms with van der Waals surface area (Å²) in [6.07, 6.45) is 0. The number of anilines is 3. The Hall–Kier alpha value is -3.18. The van der Waals surface area contributed by atoms with Crippen molar-refractivity contribution in [3.05, 3.63) is 89.5 Å². The van der Waals surface area contributed by atoms with Crippen LogP contribution in [0.2, 0.25) is 0 Å². The molecule has 0 bridgehead atoms. The maximum Gasteiger partial charge on any atom is 0.335 e. The minimum Gasteiger partial charge on any atom is -0.478 e. The molecule has 0 aromatic heterocycles. The first-order valence-electron chi connectivity index (χ1n) is 8.36. The Bertz CT molecular complexity index is 859. The number of carboxylic acid groups (broad SMARTS) is 3. The average molecular weight is 556 g/mol. The zero-order valence-electron chi connectivity index (χ0n) is 16.2. The van der Waals surface area contributed by atoms with Gasteiger partial charge in [0.05, 0.1) is 16.7 Å². The van der Waals surface area contributed by atoms with E-state index in [-0.39, 0.29) is 57.5 Å². The van der Waals surface area contributed by atoms with E-state index in [2.05, 4.69) is 0 Å². The zero-order chi connectivity index (χ0) is 22.7. The molecule has 0 heterocycles. The van der Waals surface area contributed by atoms with Crippen molar-refractivity contribution in [3.63, 3.8) is 0 Å². The zero-order valence-corrected chi connectivity index (χ0v) is 19.4. The molecule has 0 amide bonds. The van der Waals surface area contributed by atoms with E-state index in [1.54, 1.807) is 36.4 Å². The van der Waals surface area contributed by atoms with Crippen LogP contribution in [0, 0.1) is 40.8 Å². The number of carbonyl (C=O) groups is 3. The third-order valence-electron chi connectivity index (χ3n) is 3.47. The van der Waals surface area contributed by atoms with Gasteiger partial charge in [0.2, 0.25) is 0 Å². The van der Waals surface area contributed by atoms with Crippen molar-refractivity contribution in [1.82, 2.24) is 0 Å². The molecule has 160 valence electrons. The van der Waals surface area contributed by atoms with Gasteiger partial charge in [0.25, 0.3) is 0 Å². The Morgan fingerprint density at radius 1 is 0.452 bits per heavy atom. The van der Waals surface area contributed by atoms with Gasteiger partial charge in [-0.25, -0.2) is 14.4 Å². The van der Waals surface area contributed by atoms with Crippen molar-refractivity contribution >= 4 is 35.0 Å². The van der Waals surface area contributed by atoms with Gasteiger partial charge in [0.1, 0.15) is 0 Å². The summed E-state index contributed by atoms with van der Waals surface area (Å²) in [6.45, 7) is 0. The van der Waals surface area contributed by atoms with Crippen LogP contribution in [-0.2, 0) is 0 Å². The number of aromatic carboxylic acids is 3. The number of hydrogen-bond acceptors (Lipinski definition) is 6. The Morgan fingerprint density at radius 3 is 0.742 bits per heavy atom. The van der Waals surface area contributed by atoms with Gasteiger partial charge in [-0.1, -0.05) is 0 Å². The number of benzene rings is 3. The molecular formula is C21H21N3NdO6. The normalized spacial score (nSPS) is 8.90. The monoisotopic (exact) mass is 553 g/mol. The summed E-state index contributed by atoms with van der Waals surface area (Å²) in [5.74, 6) is -2.79. The van der Waals surface area contributed by atoms with Crippen LogP contribution >= 0.6 is 0 Å². The summed E-state index contributed by atoms with van der Waals surface area (Å²) >= 11 is 0. The predicted molar refractivity (Wildman–Crippen MR) is 113 cm³/mol. The van der Waals surface area contributed by atoms with Crippen LogP contribution in [0.25, 0.3) is 0 Å². The van der Waals surface area contributed by atoms with Crippen LogP contribution in [0.1, 0.15) is 31.1 Å². The average Bonchev–Trinajstić information content (AvgIpc) is 2.70. The molecule has 0 unspecified atom stereocenters. The summed E-state index contributed by atoms with van der Waals surface area (Å²) in [4.78, 5) is 30.8. The van der Waals surface area contributed by atoms with Gasteiger partial charge in [-0.15, -0.1) is 0 Å². The Morgan fingerprint density at radius 2 is 0.613 bits per heavy atom. The van der Waals surface area contributed by atoms with E-state index in [1.807, 2.05) is 0 Å². The van der Waals surface area contributed by atoms with Crippen molar-refractivity contribution in [2.45, 2.75) is 0 Å². The van der Waals surface area contributed by atoms with Crippen molar-refractivity contribution in [3.8, 4) is 0 Å². The molecule has 9 N–H and O–H groups in total. The summed E-state index contributed by atoms with van der Waals surface area (Å²) in [5, 5.41) is 25.3. The molecule has 0 radical (unpaired) electrons. The molecule has 0 saturated heterocycles. The number of rotatable bonds is 3. The van der Waals surface area contributed by atoms with Gasteiger partial charge in [0, 0.05) is 57.9 Å². The quantitative estimate of drug-likeness (QED) is 0.264. The largest absolute Gasteiger partial charge is 0.478 e. The van der Waals surface area contributed by atoms with Gasteiger partial charge < -0.3 is 32.5 Å². The second-order valence-electron chi connectivity index (χ2n) is 5.78.